The summed E-state index contributed by atoms with van der Waals surface area (Å²) >= 11 is 16.8. The number of carbonyl (C=O) groups is 6. The van der Waals surface area contributed by atoms with Crippen molar-refractivity contribution in [3.8, 4) is 5.75 Å². The van der Waals surface area contributed by atoms with E-state index in [1.165, 1.54) is 19.0 Å². The van der Waals surface area contributed by atoms with Gasteiger partial charge in [-0.1, -0.05) is 34.8 Å². The Balaban J connectivity index is 1.76. The first-order valence-electron chi connectivity index (χ1n) is 13.2. The minimum absolute atomic E-state index is 0.0735. The van der Waals surface area contributed by atoms with Crippen LogP contribution >= 0.6 is 34.8 Å². The van der Waals surface area contributed by atoms with Crippen LogP contribution in [0.3, 0.4) is 0 Å². The second-order valence-electron chi connectivity index (χ2n) is 11.5. The molecule has 0 bridgehead atoms. The van der Waals surface area contributed by atoms with Gasteiger partial charge in [-0.25, -0.2) is 4.79 Å². The van der Waals surface area contributed by atoms with Gasteiger partial charge in [0.05, 0.1) is 17.5 Å². The van der Waals surface area contributed by atoms with E-state index < -0.39 is 86.6 Å². The fourth-order valence-corrected chi connectivity index (χ4v) is 6.77. The molecule has 0 aliphatic heterocycles. The number of aliphatic hydroxyl groups is 1. The molecular weight excluding hydrogens is 631 g/mol. The van der Waals surface area contributed by atoms with Crippen molar-refractivity contribution in [2.45, 2.75) is 34.8 Å². The lowest BCUT2D eigenvalue weighted by Crippen LogP contribution is -2.74. The lowest BCUT2D eigenvalue weighted by molar-refractivity contribution is -0.181. The van der Waals surface area contributed by atoms with Crippen molar-refractivity contribution in [3.05, 3.63) is 22.8 Å². The number of Topliss-reactive ketones (excluding diaryl/α,β-unsaturated/α-hetero) is 4. The van der Waals surface area contributed by atoms with E-state index >= 15 is 0 Å². The number of nitrogens with one attached hydrogen (secondary N) is 1. The smallest absolute Gasteiger partial charge is 0.407 e. The monoisotopic (exact) mass is 660 g/mol. The zero-order valence-electron chi connectivity index (χ0n) is 23.7. The largest absolute Gasteiger partial charge is 0.507 e. The molecule has 0 aromatic heterocycles. The number of carbonyl (C=O) groups excluding carboxylic acids is 6. The highest BCUT2D eigenvalue weighted by Gasteiger charge is 2.69. The number of alkyl halides is 3. The normalized spacial score (nSPS) is 28.6. The number of primary amides is 1. The zero-order chi connectivity index (χ0) is 32.3. The minimum atomic E-state index is -2.83. The summed E-state index contributed by atoms with van der Waals surface area (Å²) in [5.41, 5.74) is 3.33. The summed E-state index contributed by atoms with van der Waals surface area (Å²) in [4.78, 5) is 82.0. The van der Waals surface area contributed by atoms with E-state index in [1.807, 2.05) is 0 Å². The summed E-state index contributed by atoms with van der Waals surface area (Å²) in [6.45, 7) is -0.864. The molecule has 1 aromatic rings. The predicted molar refractivity (Wildman–Crippen MR) is 154 cm³/mol. The Kier molecular flexibility index (Phi) is 8.82. The molecule has 2 fully saturated rings. The number of ketones is 4. The highest BCUT2D eigenvalue weighted by Crippen LogP contribution is 2.52. The number of rotatable bonds is 6. The first-order valence-corrected chi connectivity index (χ1v) is 14.3. The van der Waals surface area contributed by atoms with Crippen molar-refractivity contribution in [3.63, 3.8) is 0 Å². The Morgan fingerprint density at radius 3 is 2.30 bits per heavy atom. The van der Waals surface area contributed by atoms with Crippen molar-refractivity contribution in [2.24, 2.45) is 29.4 Å². The predicted octanol–water partition coefficient (Wildman–Crippen LogP) is 0.529. The molecule has 1 aromatic carbocycles. The van der Waals surface area contributed by atoms with Gasteiger partial charge in [-0.2, -0.15) is 0 Å². The number of aromatic hydroxyl groups is 1. The van der Waals surface area contributed by atoms with E-state index in [0.29, 0.717) is 11.3 Å². The molecule has 0 heterocycles. The zero-order valence-corrected chi connectivity index (χ0v) is 25.9. The molecule has 0 radical (unpaired) electrons. The number of ether oxygens (including phenoxy) is 1. The third-order valence-electron chi connectivity index (χ3n) is 8.39. The molecule has 2 amide bonds. The van der Waals surface area contributed by atoms with Crippen LogP contribution in [0.25, 0.3) is 0 Å². The topological polar surface area (TPSA) is 197 Å². The van der Waals surface area contributed by atoms with Gasteiger partial charge in [0.25, 0.3) is 0 Å². The van der Waals surface area contributed by atoms with Crippen LogP contribution in [0.1, 0.15) is 27.9 Å². The standard InChI is InChI=1S/C27H31Cl3N4O9/c1-33(2)14-7-11(8-32-25(41)43-9-26(28,29)30)19(35)16-12(14)5-10-6-13-18(34(3)4)21(37)17(24(31)40)23(39)27(13,42)22(38)15(10)20(16)36/h7,10,13,15,17-18,35,42H,5-6,8-9H2,1-4H3,(H2,31,40)(H,32,41)/t10-,13-,15?,17?,18-,27-/m0/s1. The second-order valence-corrected chi connectivity index (χ2v) is 14.0. The molecule has 0 saturated heterocycles. The number of halogens is 3. The fourth-order valence-electron chi connectivity index (χ4n) is 6.61. The van der Waals surface area contributed by atoms with Crippen LogP contribution in [-0.4, -0.2) is 100 Å². The third kappa shape index (κ3) is 5.57. The van der Waals surface area contributed by atoms with Crippen LogP contribution in [0, 0.1) is 23.7 Å². The summed E-state index contributed by atoms with van der Waals surface area (Å²) in [7, 11) is 6.43. The molecule has 5 N–H and O–H groups in total. The summed E-state index contributed by atoms with van der Waals surface area (Å²) in [5.74, 6) is -11.6. The van der Waals surface area contributed by atoms with Crippen LogP contribution in [0.15, 0.2) is 6.07 Å². The molecule has 0 spiro atoms. The maximum absolute atomic E-state index is 14.0. The molecule has 6 atom stereocenters. The van der Waals surface area contributed by atoms with Crippen molar-refractivity contribution in [2.75, 3.05) is 39.7 Å². The Labute approximate surface area is 261 Å². The maximum Gasteiger partial charge on any atom is 0.407 e. The lowest BCUT2D eigenvalue weighted by Gasteiger charge is -2.52. The number of fused-ring (bicyclic) bond motifs is 3. The average molecular weight is 662 g/mol. The van der Waals surface area contributed by atoms with Gasteiger partial charge in [-0.15, -0.1) is 0 Å². The Morgan fingerprint density at radius 1 is 1.14 bits per heavy atom. The van der Waals surface area contributed by atoms with E-state index in [-0.39, 0.29) is 30.5 Å². The third-order valence-corrected chi connectivity index (χ3v) is 8.72. The number of phenolic OH excluding ortho intramolecular Hbond substituents is 1. The number of nitrogens with zero attached hydrogens (tertiary/aromatic N) is 2. The van der Waals surface area contributed by atoms with Crippen molar-refractivity contribution in [1.82, 2.24) is 10.2 Å². The molecule has 4 rings (SSSR count). The van der Waals surface area contributed by atoms with Crippen LogP contribution in [0.5, 0.6) is 5.75 Å². The number of benzene rings is 1. The van der Waals surface area contributed by atoms with Gasteiger partial charge in [0.15, 0.2) is 34.7 Å². The van der Waals surface area contributed by atoms with E-state index in [4.69, 9.17) is 45.3 Å². The van der Waals surface area contributed by atoms with Crippen molar-refractivity contribution < 1.29 is 43.7 Å². The molecule has 2 unspecified atom stereocenters. The van der Waals surface area contributed by atoms with Gasteiger partial charge in [0.1, 0.15) is 12.4 Å². The van der Waals surface area contributed by atoms with Crippen molar-refractivity contribution >= 4 is 75.6 Å². The molecule has 3 aliphatic rings. The van der Waals surface area contributed by atoms with Crippen LogP contribution in [-0.2, 0) is 36.9 Å². The molecule has 234 valence electrons. The van der Waals surface area contributed by atoms with Gasteiger partial charge in [-0.3, -0.25) is 28.9 Å². The Bertz CT molecular complexity index is 1430. The highest BCUT2D eigenvalue weighted by molar-refractivity contribution is 6.67. The number of anilines is 1. The Hall–Kier alpha value is -2.97. The molecule has 43 heavy (non-hydrogen) atoms. The fraction of sp³-hybridized carbons (Fsp3) is 0.556. The van der Waals surface area contributed by atoms with E-state index in [2.05, 4.69) is 5.32 Å². The van der Waals surface area contributed by atoms with Crippen LogP contribution in [0.2, 0.25) is 0 Å². The number of phenols is 1. The minimum Gasteiger partial charge on any atom is -0.507 e. The first-order chi connectivity index (χ1) is 19.8. The number of amides is 2. The Morgan fingerprint density at radius 2 is 1.77 bits per heavy atom. The van der Waals surface area contributed by atoms with E-state index in [9.17, 15) is 39.0 Å². The second kappa shape index (κ2) is 11.5. The number of alkyl carbamates (subject to hydrolysis) is 1. The molecule has 16 heteroatoms. The molecule has 3 aliphatic carbocycles. The van der Waals surface area contributed by atoms with Crippen molar-refractivity contribution in [1.29, 1.82) is 0 Å². The average Bonchev–Trinajstić information content (AvgIpc) is 2.88. The summed E-state index contributed by atoms with van der Waals surface area (Å²) in [5, 5.41) is 25.3. The number of hydrogen-bond donors (Lipinski definition) is 4. The first kappa shape index (κ1) is 32.9. The van der Waals surface area contributed by atoms with Gasteiger partial charge in [0.2, 0.25) is 9.70 Å². The summed E-state index contributed by atoms with van der Waals surface area (Å²) in [6.07, 6.45) is -0.955. The van der Waals surface area contributed by atoms with E-state index in [1.54, 1.807) is 25.1 Å². The quantitative estimate of drug-likeness (QED) is 0.245. The SMILES string of the molecule is CN(C)c1cc(CNC(=O)OCC(Cl)(Cl)Cl)c(O)c2c1C[C@H]1C[C@H]3[C@H](N(C)C)C(=O)C(C(N)=O)C(=O)[C@@]3(O)C(=O)C1C2=O. The van der Waals surface area contributed by atoms with Crippen LogP contribution in [0.4, 0.5) is 10.5 Å². The number of hydrogen-bond acceptors (Lipinski definition) is 11. The van der Waals surface area contributed by atoms with Gasteiger partial charge < -0.3 is 30.9 Å². The number of likely N-dealkylation sites (N-methyl/N-ethyl adjacent to an activating group) is 1. The lowest BCUT2D eigenvalue weighted by atomic mass is 9.52. The molecule has 2 saturated carbocycles. The molecule has 13 nitrogen and oxygen atoms in total. The summed E-state index contributed by atoms with van der Waals surface area (Å²) < 4.78 is 2.98. The van der Waals surface area contributed by atoms with Gasteiger partial charge in [-0.05, 0) is 44.5 Å². The number of nitrogens with two attached hydrogens (primary N) is 1. The maximum atomic E-state index is 14.0. The van der Waals surface area contributed by atoms with Crippen LogP contribution < -0.4 is 16.0 Å². The van der Waals surface area contributed by atoms with E-state index in [0.717, 1.165) is 0 Å². The van der Waals surface area contributed by atoms with Gasteiger partial charge in [0, 0.05) is 37.8 Å². The highest BCUT2D eigenvalue weighted by atomic mass is 35.6. The molecular formula is C27H31Cl3N4O9. The van der Waals surface area contributed by atoms with Gasteiger partial charge >= 0.3 is 6.09 Å². The summed E-state index contributed by atoms with van der Waals surface area (Å²) in [6, 6.07) is 0.365.